The second-order valence-corrected chi connectivity index (χ2v) is 4.47. The lowest BCUT2D eigenvalue weighted by molar-refractivity contribution is 0.0922. The Morgan fingerprint density at radius 1 is 1.27 bits per heavy atom. The maximum Gasteiger partial charge on any atom is 0.0431 e. The average Bonchev–Trinajstić information content (AvgIpc) is 2.26. The van der Waals surface area contributed by atoms with Gasteiger partial charge in [-0.1, -0.05) is 0 Å². The minimum Gasteiger partial charge on any atom is -0.396 e. The molecule has 1 aliphatic rings. The molecule has 0 bridgehead atoms. The minimum absolute atomic E-state index is 0.322. The van der Waals surface area contributed by atoms with Crippen molar-refractivity contribution in [2.24, 2.45) is 5.73 Å². The monoisotopic (exact) mass is 215 g/mol. The Balaban J connectivity index is 2.20. The van der Waals surface area contributed by atoms with Gasteiger partial charge in [-0.25, -0.2) is 0 Å². The molecule has 1 saturated heterocycles. The summed E-state index contributed by atoms with van der Waals surface area (Å²) in [6.45, 7) is 5.59. The Morgan fingerprint density at radius 2 is 2.07 bits per heavy atom. The van der Waals surface area contributed by atoms with Crippen LogP contribution in [0.25, 0.3) is 0 Å². The fourth-order valence-corrected chi connectivity index (χ4v) is 2.17. The molecule has 0 aromatic rings. The number of nitrogens with zero attached hydrogens (tertiary/aromatic N) is 2. The Bertz CT molecular complexity index is 166. The van der Waals surface area contributed by atoms with Crippen LogP contribution in [0.1, 0.15) is 19.3 Å². The SMILES string of the molecule is CN1CCN(CCCCCO)C(CN)C1. The number of likely N-dealkylation sites (N-methyl/N-ethyl adjacent to an activating group) is 1. The smallest absolute Gasteiger partial charge is 0.0431 e. The first-order valence-electron chi connectivity index (χ1n) is 6.01. The molecule has 1 aliphatic heterocycles. The zero-order chi connectivity index (χ0) is 11.1. The number of piperazine rings is 1. The van der Waals surface area contributed by atoms with E-state index in [0.717, 1.165) is 45.6 Å². The normalized spacial score (nSPS) is 24.6. The molecule has 0 aromatic heterocycles. The van der Waals surface area contributed by atoms with E-state index in [-0.39, 0.29) is 0 Å². The van der Waals surface area contributed by atoms with E-state index < -0.39 is 0 Å². The molecule has 0 amide bonds. The van der Waals surface area contributed by atoms with Gasteiger partial charge < -0.3 is 15.7 Å². The third-order valence-corrected chi connectivity index (χ3v) is 3.18. The van der Waals surface area contributed by atoms with Crippen LogP contribution >= 0.6 is 0 Å². The average molecular weight is 215 g/mol. The Labute approximate surface area is 93.0 Å². The molecule has 0 saturated carbocycles. The van der Waals surface area contributed by atoms with Crippen molar-refractivity contribution in [1.29, 1.82) is 0 Å². The van der Waals surface area contributed by atoms with Crippen molar-refractivity contribution >= 4 is 0 Å². The zero-order valence-electron chi connectivity index (χ0n) is 9.86. The van der Waals surface area contributed by atoms with E-state index >= 15 is 0 Å². The molecule has 0 aromatic carbocycles. The van der Waals surface area contributed by atoms with E-state index in [1.807, 2.05) is 0 Å². The number of rotatable bonds is 6. The lowest BCUT2D eigenvalue weighted by Gasteiger charge is -2.39. The summed E-state index contributed by atoms with van der Waals surface area (Å²) in [6, 6.07) is 0.526. The summed E-state index contributed by atoms with van der Waals surface area (Å²) in [7, 11) is 2.16. The highest BCUT2D eigenvalue weighted by atomic mass is 16.2. The number of unbranched alkanes of at least 4 members (excludes halogenated alkanes) is 2. The Morgan fingerprint density at radius 3 is 2.73 bits per heavy atom. The van der Waals surface area contributed by atoms with E-state index in [1.54, 1.807) is 0 Å². The largest absolute Gasteiger partial charge is 0.396 e. The van der Waals surface area contributed by atoms with Gasteiger partial charge in [0, 0.05) is 38.8 Å². The second kappa shape index (κ2) is 7.17. The van der Waals surface area contributed by atoms with Gasteiger partial charge in [0.05, 0.1) is 0 Å². The van der Waals surface area contributed by atoms with Crippen LogP contribution in [0.5, 0.6) is 0 Å². The van der Waals surface area contributed by atoms with Crippen molar-refractivity contribution in [1.82, 2.24) is 9.80 Å². The molecule has 0 aliphatic carbocycles. The van der Waals surface area contributed by atoms with Gasteiger partial charge in [0.1, 0.15) is 0 Å². The molecule has 1 heterocycles. The van der Waals surface area contributed by atoms with Crippen molar-refractivity contribution in [2.45, 2.75) is 25.3 Å². The molecule has 4 nitrogen and oxygen atoms in total. The lowest BCUT2D eigenvalue weighted by atomic mass is 10.1. The Kier molecular flexibility index (Phi) is 6.17. The first-order valence-corrected chi connectivity index (χ1v) is 6.01. The van der Waals surface area contributed by atoms with Gasteiger partial charge in [-0.3, -0.25) is 4.90 Å². The van der Waals surface area contributed by atoms with Crippen LogP contribution in [0.2, 0.25) is 0 Å². The van der Waals surface area contributed by atoms with Crippen LogP contribution < -0.4 is 5.73 Å². The molecule has 3 N–H and O–H groups in total. The summed E-state index contributed by atoms with van der Waals surface area (Å²) in [5.74, 6) is 0. The molecule has 1 atom stereocenters. The molecule has 15 heavy (non-hydrogen) atoms. The third-order valence-electron chi connectivity index (χ3n) is 3.18. The first kappa shape index (κ1) is 12.9. The van der Waals surface area contributed by atoms with Crippen LogP contribution in [0.4, 0.5) is 0 Å². The fourth-order valence-electron chi connectivity index (χ4n) is 2.17. The molecular weight excluding hydrogens is 190 g/mol. The number of hydrogen-bond acceptors (Lipinski definition) is 4. The standard InChI is InChI=1S/C11H25N3O/c1-13-6-7-14(11(9-12)10-13)5-3-2-4-8-15/h11,15H,2-10,12H2,1H3. The van der Waals surface area contributed by atoms with E-state index in [4.69, 9.17) is 10.8 Å². The topological polar surface area (TPSA) is 52.7 Å². The highest BCUT2D eigenvalue weighted by molar-refractivity contribution is 4.81. The van der Waals surface area contributed by atoms with Crippen molar-refractivity contribution in [3.8, 4) is 0 Å². The minimum atomic E-state index is 0.322. The maximum absolute atomic E-state index is 8.70. The first-order chi connectivity index (χ1) is 7.27. The second-order valence-electron chi connectivity index (χ2n) is 4.47. The van der Waals surface area contributed by atoms with Crippen LogP contribution in [0, 0.1) is 0 Å². The van der Waals surface area contributed by atoms with Gasteiger partial charge >= 0.3 is 0 Å². The van der Waals surface area contributed by atoms with Gasteiger partial charge in [0.25, 0.3) is 0 Å². The van der Waals surface area contributed by atoms with Crippen molar-refractivity contribution in [2.75, 3.05) is 46.4 Å². The molecule has 0 radical (unpaired) electrons. The molecule has 1 unspecified atom stereocenters. The molecule has 1 fully saturated rings. The molecule has 90 valence electrons. The van der Waals surface area contributed by atoms with Crippen LogP contribution in [-0.4, -0.2) is 67.3 Å². The van der Waals surface area contributed by atoms with Gasteiger partial charge in [0.2, 0.25) is 0 Å². The summed E-state index contributed by atoms with van der Waals surface area (Å²) < 4.78 is 0. The summed E-state index contributed by atoms with van der Waals surface area (Å²) in [4.78, 5) is 4.85. The van der Waals surface area contributed by atoms with Crippen LogP contribution in [0.3, 0.4) is 0 Å². The van der Waals surface area contributed by atoms with Gasteiger partial charge in [-0.15, -0.1) is 0 Å². The highest BCUT2D eigenvalue weighted by Crippen LogP contribution is 2.09. The van der Waals surface area contributed by atoms with E-state index in [0.29, 0.717) is 12.6 Å². The number of nitrogens with two attached hydrogens (primary N) is 1. The summed E-state index contributed by atoms with van der Waals surface area (Å²) in [6.07, 6.45) is 3.24. The van der Waals surface area contributed by atoms with Crippen molar-refractivity contribution < 1.29 is 5.11 Å². The zero-order valence-corrected chi connectivity index (χ0v) is 9.86. The Hall–Kier alpha value is -0.160. The quantitative estimate of drug-likeness (QED) is 0.599. The predicted octanol–water partition coefficient (Wildman–Crippen LogP) is -0.276. The van der Waals surface area contributed by atoms with E-state index in [9.17, 15) is 0 Å². The maximum atomic E-state index is 8.70. The number of aliphatic hydroxyl groups is 1. The van der Waals surface area contributed by atoms with E-state index in [1.165, 1.54) is 6.42 Å². The van der Waals surface area contributed by atoms with E-state index in [2.05, 4.69) is 16.8 Å². The number of aliphatic hydroxyl groups excluding tert-OH is 1. The highest BCUT2D eigenvalue weighted by Gasteiger charge is 2.22. The van der Waals surface area contributed by atoms with Crippen molar-refractivity contribution in [3.63, 3.8) is 0 Å². The van der Waals surface area contributed by atoms with Gasteiger partial charge in [-0.2, -0.15) is 0 Å². The fraction of sp³-hybridized carbons (Fsp3) is 1.00. The molecular formula is C11H25N3O. The van der Waals surface area contributed by atoms with Gasteiger partial charge in [0.15, 0.2) is 0 Å². The van der Waals surface area contributed by atoms with Crippen LogP contribution in [0.15, 0.2) is 0 Å². The van der Waals surface area contributed by atoms with Crippen LogP contribution in [-0.2, 0) is 0 Å². The molecule has 0 spiro atoms. The number of hydrogen-bond donors (Lipinski definition) is 2. The lowest BCUT2D eigenvalue weighted by Crippen LogP contribution is -2.54. The van der Waals surface area contributed by atoms with Gasteiger partial charge in [-0.05, 0) is 32.9 Å². The summed E-state index contributed by atoms with van der Waals surface area (Å²) in [5, 5.41) is 8.70. The predicted molar refractivity (Wildman–Crippen MR) is 62.8 cm³/mol. The molecule has 4 heteroatoms. The van der Waals surface area contributed by atoms with Crippen molar-refractivity contribution in [3.05, 3.63) is 0 Å². The molecule has 1 rings (SSSR count). The third kappa shape index (κ3) is 4.47. The summed E-state index contributed by atoms with van der Waals surface area (Å²) in [5.41, 5.74) is 5.78. The summed E-state index contributed by atoms with van der Waals surface area (Å²) >= 11 is 0.